The summed E-state index contributed by atoms with van der Waals surface area (Å²) in [5.41, 5.74) is 5.61. The average molecular weight is 365 g/mol. The molecule has 1 aliphatic rings. The molecule has 2 rings (SSSR count). The molecule has 0 amide bonds. The van der Waals surface area contributed by atoms with Crippen molar-refractivity contribution in [1.29, 1.82) is 0 Å². The number of nitrogens with one attached hydrogen (secondary N) is 1. The Bertz CT molecular complexity index is 586. The second-order valence-corrected chi connectivity index (χ2v) is 7.73. The van der Waals surface area contributed by atoms with E-state index < -0.39 is 15.8 Å². The van der Waals surface area contributed by atoms with E-state index in [0.29, 0.717) is 16.9 Å². The molecule has 1 aliphatic carbocycles. The fraction of sp³-hybridized carbons (Fsp3) is 0.538. The summed E-state index contributed by atoms with van der Waals surface area (Å²) in [6, 6.07) is 2.76. The van der Waals surface area contributed by atoms with Crippen LogP contribution in [0.25, 0.3) is 0 Å². The summed E-state index contributed by atoms with van der Waals surface area (Å²) < 4.78 is 41.6. The number of benzene rings is 1. The zero-order valence-electron chi connectivity index (χ0n) is 11.0. The Morgan fingerprint density at radius 1 is 1.35 bits per heavy atom. The third-order valence-corrected chi connectivity index (χ3v) is 5.51. The van der Waals surface area contributed by atoms with Crippen molar-refractivity contribution in [3.8, 4) is 0 Å². The first-order chi connectivity index (χ1) is 9.44. The van der Waals surface area contributed by atoms with E-state index in [1.165, 1.54) is 12.1 Å². The van der Waals surface area contributed by atoms with Crippen molar-refractivity contribution in [3.05, 3.63) is 28.0 Å². The van der Waals surface area contributed by atoms with Crippen molar-refractivity contribution in [2.24, 2.45) is 11.7 Å². The van der Waals surface area contributed by atoms with Crippen LogP contribution in [0, 0.1) is 11.7 Å². The Balaban J connectivity index is 2.22. The summed E-state index contributed by atoms with van der Waals surface area (Å²) in [5.74, 6) is -0.413. The van der Waals surface area contributed by atoms with Gasteiger partial charge in [0, 0.05) is 23.1 Å². The Labute approximate surface area is 127 Å². The molecule has 1 saturated carbocycles. The third-order valence-electron chi connectivity index (χ3n) is 3.63. The first-order valence-corrected chi connectivity index (χ1v) is 8.89. The van der Waals surface area contributed by atoms with E-state index in [4.69, 9.17) is 5.73 Å². The maximum Gasteiger partial charge on any atom is 0.243 e. The molecule has 7 heteroatoms. The number of nitrogens with two attached hydrogens (primary N) is 1. The fourth-order valence-corrected chi connectivity index (χ4v) is 4.40. The molecule has 0 heterocycles. The van der Waals surface area contributed by atoms with Crippen molar-refractivity contribution in [2.75, 3.05) is 6.54 Å². The van der Waals surface area contributed by atoms with Gasteiger partial charge in [-0.3, -0.25) is 0 Å². The van der Waals surface area contributed by atoms with Crippen LogP contribution in [0.5, 0.6) is 0 Å². The summed E-state index contributed by atoms with van der Waals surface area (Å²) in [7, 11) is -3.84. The van der Waals surface area contributed by atoms with Gasteiger partial charge in [-0.05, 0) is 30.9 Å². The lowest BCUT2D eigenvalue weighted by Crippen LogP contribution is -2.29. The van der Waals surface area contributed by atoms with E-state index >= 15 is 0 Å². The Hall–Kier alpha value is -0.500. The van der Waals surface area contributed by atoms with E-state index in [9.17, 15) is 12.8 Å². The van der Waals surface area contributed by atoms with Gasteiger partial charge in [-0.1, -0.05) is 28.8 Å². The zero-order valence-corrected chi connectivity index (χ0v) is 13.4. The number of hydrogen-bond acceptors (Lipinski definition) is 3. The summed E-state index contributed by atoms with van der Waals surface area (Å²) in [4.78, 5) is -0.342. The lowest BCUT2D eigenvalue weighted by Gasteiger charge is -2.13. The highest BCUT2D eigenvalue weighted by atomic mass is 79.9. The van der Waals surface area contributed by atoms with Crippen LogP contribution in [-0.4, -0.2) is 15.0 Å². The molecule has 112 valence electrons. The van der Waals surface area contributed by atoms with Crippen molar-refractivity contribution in [1.82, 2.24) is 4.72 Å². The molecule has 1 aromatic carbocycles. The van der Waals surface area contributed by atoms with Crippen LogP contribution in [0.1, 0.15) is 31.2 Å². The zero-order chi connectivity index (χ0) is 14.8. The van der Waals surface area contributed by atoms with Crippen molar-refractivity contribution < 1.29 is 12.8 Å². The minimum Gasteiger partial charge on any atom is -0.326 e. The minimum atomic E-state index is -3.84. The molecule has 0 radical (unpaired) electrons. The molecule has 4 nitrogen and oxygen atoms in total. The topological polar surface area (TPSA) is 72.2 Å². The summed E-state index contributed by atoms with van der Waals surface area (Å²) in [5, 5.41) is 0. The molecule has 0 unspecified atom stereocenters. The molecule has 3 N–H and O–H groups in total. The Morgan fingerprint density at radius 3 is 2.60 bits per heavy atom. The lowest BCUT2D eigenvalue weighted by molar-refractivity contribution is 0.512. The number of hydrogen-bond donors (Lipinski definition) is 2. The molecule has 0 atom stereocenters. The predicted molar refractivity (Wildman–Crippen MR) is 79.1 cm³/mol. The van der Waals surface area contributed by atoms with Gasteiger partial charge in [0.25, 0.3) is 0 Å². The van der Waals surface area contributed by atoms with Crippen LogP contribution >= 0.6 is 15.9 Å². The minimum absolute atomic E-state index is 0.0452. The highest BCUT2D eigenvalue weighted by Crippen LogP contribution is 2.26. The normalized spacial score (nSPS) is 16.8. The van der Waals surface area contributed by atoms with E-state index in [1.54, 1.807) is 0 Å². The van der Waals surface area contributed by atoms with Gasteiger partial charge in [0.05, 0.1) is 0 Å². The fourth-order valence-electron chi connectivity index (χ4n) is 2.48. The Morgan fingerprint density at radius 2 is 2.00 bits per heavy atom. The highest BCUT2D eigenvalue weighted by molar-refractivity contribution is 9.10. The molecule has 0 saturated heterocycles. The van der Waals surface area contributed by atoms with Gasteiger partial charge in [0.1, 0.15) is 10.7 Å². The van der Waals surface area contributed by atoms with Crippen LogP contribution in [0.3, 0.4) is 0 Å². The molecule has 20 heavy (non-hydrogen) atoms. The van der Waals surface area contributed by atoms with Crippen LogP contribution in [0.15, 0.2) is 21.5 Å². The van der Waals surface area contributed by atoms with E-state index in [2.05, 4.69) is 20.7 Å². The lowest BCUT2D eigenvalue weighted by atomic mass is 10.1. The molecule has 0 spiro atoms. The van der Waals surface area contributed by atoms with Gasteiger partial charge < -0.3 is 5.73 Å². The summed E-state index contributed by atoms with van der Waals surface area (Å²) >= 11 is 3.18. The molecular weight excluding hydrogens is 347 g/mol. The van der Waals surface area contributed by atoms with Crippen molar-refractivity contribution >= 4 is 26.0 Å². The highest BCUT2D eigenvalue weighted by Gasteiger charge is 2.24. The van der Waals surface area contributed by atoms with E-state index in [0.717, 1.165) is 25.7 Å². The number of sulfonamides is 1. The maximum absolute atomic E-state index is 14.1. The van der Waals surface area contributed by atoms with Gasteiger partial charge in [-0.2, -0.15) is 0 Å². The molecule has 0 aromatic heterocycles. The standard InChI is InChI=1S/C13H18BrFN2O2S/c14-11-5-10(7-16)13(15)12(6-11)20(18,19)17-8-9-3-1-2-4-9/h5-6,9,17H,1-4,7-8,16H2. The van der Waals surface area contributed by atoms with Gasteiger partial charge in [-0.15, -0.1) is 0 Å². The van der Waals surface area contributed by atoms with E-state index in [-0.39, 0.29) is 17.0 Å². The van der Waals surface area contributed by atoms with Crippen LogP contribution in [0.2, 0.25) is 0 Å². The first kappa shape index (κ1) is 15.9. The number of rotatable bonds is 5. The molecular formula is C13H18BrFN2O2S. The maximum atomic E-state index is 14.1. The molecule has 0 aliphatic heterocycles. The first-order valence-electron chi connectivity index (χ1n) is 6.61. The van der Waals surface area contributed by atoms with E-state index in [1.807, 2.05) is 0 Å². The predicted octanol–water partition coefficient (Wildman–Crippen LogP) is 2.52. The van der Waals surface area contributed by atoms with Gasteiger partial charge in [0.15, 0.2) is 0 Å². The molecule has 0 bridgehead atoms. The largest absolute Gasteiger partial charge is 0.326 e. The molecule has 1 aromatic rings. The third kappa shape index (κ3) is 3.58. The van der Waals surface area contributed by atoms with Crippen LogP contribution < -0.4 is 10.5 Å². The smallest absolute Gasteiger partial charge is 0.243 e. The monoisotopic (exact) mass is 364 g/mol. The van der Waals surface area contributed by atoms with Gasteiger partial charge in [0.2, 0.25) is 10.0 Å². The summed E-state index contributed by atoms with van der Waals surface area (Å²) in [6.45, 7) is 0.322. The quantitative estimate of drug-likeness (QED) is 0.842. The summed E-state index contributed by atoms with van der Waals surface area (Å²) in [6.07, 6.45) is 4.32. The van der Waals surface area contributed by atoms with Crippen LogP contribution in [-0.2, 0) is 16.6 Å². The van der Waals surface area contributed by atoms with Crippen molar-refractivity contribution in [2.45, 2.75) is 37.1 Å². The Kier molecular flexibility index (Phi) is 5.17. The van der Waals surface area contributed by atoms with Crippen LogP contribution in [0.4, 0.5) is 4.39 Å². The molecule has 1 fully saturated rings. The average Bonchev–Trinajstić information content (AvgIpc) is 2.92. The van der Waals surface area contributed by atoms with Crippen molar-refractivity contribution in [3.63, 3.8) is 0 Å². The second-order valence-electron chi connectivity index (χ2n) is 5.08. The number of halogens is 2. The van der Waals surface area contributed by atoms with Gasteiger partial charge >= 0.3 is 0 Å². The second kappa shape index (κ2) is 6.51. The SMILES string of the molecule is NCc1cc(Br)cc(S(=O)(=O)NCC2CCCC2)c1F. The van der Waals surface area contributed by atoms with Gasteiger partial charge in [-0.25, -0.2) is 17.5 Å².